The van der Waals surface area contributed by atoms with Crippen LogP contribution in [0.5, 0.6) is 0 Å². The van der Waals surface area contributed by atoms with Gasteiger partial charge in [0.05, 0.1) is 6.10 Å². The molecular weight excluding hydrogens is 132 g/mol. The molecule has 0 aliphatic carbocycles. The van der Waals surface area contributed by atoms with E-state index in [9.17, 15) is 4.79 Å². The molecule has 0 radical (unpaired) electrons. The lowest BCUT2D eigenvalue weighted by molar-refractivity contribution is -0.129. The van der Waals surface area contributed by atoms with Gasteiger partial charge in [0.2, 0.25) is 0 Å². The second-order valence-electron chi connectivity index (χ2n) is 2.80. The normalized spacial score (nSPS) is 44.9. The maximum absolute atomic E-state index is 11.1. The monoisotopic (exact) mass is 142 g/mol. The SMILES string of the molecule is CO[C@H]1C(=O)[C@H]2CC[C@@H]1O2. The van der Waals surface area contributed by atoms with E-state index in [1.54, 1.807) is 7.11 Å². The Kier molecular flexibility index (Phi) is 1.28. The summed E-state index contributed by atoms with van der Waals surface area (Å²) in [5.41, 5.74) is 0. The van der Waals surface area contributed by atoms with Gasteiger partial charge in [-0.25, -0.2) is 0 Å². The van der Waals surface area contributed by atoms with Gasteiger partial charge < -0.3 is 9.47 Å². The van der Waals surface area contributed by atoms with Gasteiger partial charge in [0, 0.05) is 7.11 Å². The molecule has 56 valence electrons. The average molecular weight is 142 g/mol. The van der Waals surface area contributed by atoms with Crippen molar-refractivity contribution in [3.8, 4) is 0 Å². The summed E-state index contributed by atoms with van der Waals surface area (Å²) in [7, 11) is 1.56. The van der Waals surface area contributed by atoms with Crippen molar-refractivity contribution in [2.24, 2.45) is 0 Å². The highest BCUT2D eigenvalue weighted by Crippen LogP contribution is 2.32. The molecular formula is C7H10O3. The third-order valence-electron chi connectivity index (χ3n) is 2.24. The topological polar surface area (TPSA) is 35.5 Å². The van der Waals surface area contributed by atoms with E-state index in [1.165, 1.54) is 0 Å². The van der Waals surface area contributed by atoms with E-state index in [1.807, 2.05) is 0 Å². The number of carbonyl (C=O) groups is 1. The second kappa shape index (κ2) is 2.04. The van der Waals surface area contributed by atoms with Crippen LogP contribution in [0.2, 0.25) is 0 Å². The van der Waals surface area contributed by atoms with Gasteiger partial charge in [-0.3, -0.25) is 4.79 Å². The van der Waals surface area contributed by atoms with Gasteiger partial charge in [-0.1, -0.05) is 0 Å². The van der Waals surface area contributed by atoms with Crippen molar-refractivity contribution in [1.29, 1.82) is 0 Å². The lowest BCUT2D eigenvalue weighted by atomic mass is 9.96. The molecule has 0 aromatic carbocycles. The lowest BCUT2D eigenvalue weighted by Gasteiger charge is -2.14. The quantitative estimate of drug-likeness (QED) is 0.522. The van der Waals surface area contributed by atoms with Crippen LogP contribution in [-0.2, 0) is 14.3 Å². The van der Waals surface area contributed by atoms with E-state index in [0.717, 1.165) is 12.8 Å². The van der Waals surface area contributed by atoms with Crippen LogP contribution in [0.3, 0.4) is 0 Å². The van der Waals surface area contributed by atoms with Gasteiger partial charge in [0.1, 0.15) is 12.2 Å². The van der Waals surface area contributed by atoms with Crippen molar-refractivity contribution < 1.29 is 14.3 Å². The van der Waals surface area contributed by atoms with Crippen LogP contribution in [0.25, 0.3) is 0 Å². The summed E-state index contributed by atoms with van der Waals surface area (Å²) in [6.07, 6.45) is 1.52. The largest absolute Gasteiger partial charge is 0.371 e. The third kappa shape index (κ3) is 0.646. The number of hydrogen-bond acceptors (Lipinski definition) is 3. The van der Waals surface area contributed by atoms with Crippen LogP contribution in [0.4, 0.5) is 0 Å². The highest BCUT2D eigenvalue weighted by molar-refractivity contribution is 5.90. The van der Waals surface area contributed by atoms with Gasteiger partial charge in [-0.2, -0.15) is 0 Å². The molecule has 0 aromatic rings. The number of fused-ring (bicyclic) bond motifs is 2. The van der Waals surface area contributed by atoms with Crippen molar-refractivity contribution in [2.75, 3.05) is 7.11 Å². The fourth-order valence-electron chi connectivity index (χ4n) is 1.73. The van der Waals surface area contributed by atoms with E-state index in [4.69, 9.17) is 9.47 Å². The van der Waals surface area contributed by atoms with E-state index in [-0.39, 0.29) is 24.1 Å². The van der Waals surface area contributed by atoms with Crippen molar-refractivity contribution >= 4 is 5.78 Å². The Morgan fingerprint density at radius 2 is 2.40 bits per heavy atom. The molecule has 10 heavy (non-hydrogen) atoms. The minimum Gasteiger partial charge on any atom is -0.371 e. The van der Waals surface area contributed by atoms with Crippen LogP contribution in [-0.4, -0.2) is 31.2 Å². The first kappa shape index (κ1) is 6.31. The summed E-state index contributed by atoms with van der Waals surface area (Å²) < 4.78 is 10.3. The molecule has 0 unspecified atom stereocenters. The maximum atomic E-state index is 11.1. The summed E-state index contributed by atoms with van der Waals surface area (Å²) in [5.74, 6) is 0.138. The Bertz CT molecular complexity index is 166. The zero-order valence-corrected chi connectivity index (χ0v) is 5.87. The van der Waals surface area contributed by atoms with E-state index >= 15 is 0 Å². The molecule has 0 amide bonds. The number of methoxy groups -OCH3 is 1. The summed E-state index contributed by atoms with van der Waals surface area (Å²) in [6.45, 7) is 0. The van der Waals surface area contributed by atoms with Crippen LogP contribution in [0, 0.1) is 0 Å². The molecule has 2 fully saturated rings. The standard InChI is InChI=1S/C7H10O3/c1-9-7-5-3-2-4(10-5)6(7)8/h4-5,7H,2-3H2,1H3/t4-,5+,7-/m1/s1. The summed E-state index contributed by atoms with van der Waals surface area (Å²) in [5, 5.41) is 0. The summed E-state index contributed by atoms with van der Waals surface area (Å²) in [4.78, 5) is 11.1. The smallest absolute Gasteiger partial charge is 0.192 e. The van der Waals surface area contributed by atoms with Gasteiger partial charge in [-0.15, -0.1) is 0 Å². The molecule has 2 rings (SSSR count). The van der Waals surface area contributed by atoms with Crippen molar-refractivity contribution in [2.45, 2.75) is 31.2 Å². The molecule has 3 atom stereocenters. The molecule has 2 bridgehead atoms. The Morgan fingerprint density at radius 1 is 1.60 bits per heavy atom. The van der Waals surface area contributed by atoms with Crippen LogP contribution >= 0.6 is 0 Å². The van der Waals surface area contributed by atoms with E-state index in [2.05, 4.69) is 0 Å². The van der Waals surface area contributed by atoms with Crippen LogP contribution in [0.1, 0.15) is 12.8 Å². The molecule has 0 N–H and O–H groups in total. The van der Waals surface area contributed by atoms with Gasteiger partial charge in [0.25, 0.3) is 0 Å². The highest BCUT2D eigenvalue weighted by Gasteiger charge is 2.48. The minimum absolute atomic E-state index is 0.0579. The fraction of sp³-hybridized carbons (Fsp3) is 0.857. The van der Waals surface area contributed by atoms with Gasteiger partial charge in [-0.05, 0) is 12.8 Å². The molecule has 0 aromatic heterocycles. The zero-order valence-electron chi connectivity index (χ0n) is 5.87. The molecule has 0 saturated carbocycles. The van der Waals surface area contributed by atoms with Gasteiger partial charge in [0.15, 0.2) is 5.78 Å². The first-order valence-electron chi connectivity index (χ1n) is 3.55. The number of carbonyl (C=O) groups excluding carboxylic acids is 1. The van der Waals surface area contributed by atoms with Crippen LogP contribution in [0.15, 0.2) is 0 Å². The number of Topliss-reactive ketones (excluding diaryl/α,β-unsaturated/α-hetero) is 1. The van der Waals surface area contributed by atoms with Crippen LogP contribution < -0.4 is 0 Å². The number of ketones is 1. The van der Waals surface area contributed by atoms with E-state index < -0.39 is 0 Å². The number of ether oxygens (including phenoxy) is 2. The Hall–Kier alpha value is -0.410. The molecule has 2 saturated heterocycles. The van der Waals surface area contributed by atoms with Gasteiger partial charge >= 0.3 is 0 Å². The minimum atomic E-state index is -0.265. The lowest BCUT2D eigenvalue weighted by Crippen LogP contribution is -2.33. The number of rotatable bonds is 1. The van der Waals surface area contributed by atoms with Crippen molar-refractivity contribution in [1.82, 2.24) is 0 Å². The Morgan fingerprint density at radius 3 is 2.80 bits per heavy atom. The first-order chi connectivity index (χ1) is 4.83. The summed E-state index contributed by atoms with van der Waals surface area (Å²) in [6, 6.07) is 0. The van der Waals surface area contributed by atoms with E-state index in [0.29, 0.717) is 0 Å². The third-order valence-corrected chi connectivity index (χ3v) is 2.24. The molecule has 3 heteroatoms. The Labute approximate surface area is 59.3 Å². The predicted octanol–water partition coefficient (Wildman–Crippen LogP) is 0.132. The number of hydrogen-bond donors (Lipinski definition) is 0. The molecule has 0 spiro atoms. The predicted molar refractivity (Wildman–Crippen MR) is 33.7 cm³/mol. The van der Waals surface area contributed by atoms with Crippen molar-refractivity contribution in [3.05, 3.63) is 0 Å². The average Bonchev–Trinajstić information content (AvgIpc) is 2.46. The first-order valence-corrected chi connectivity index (χ1v) is 3.55. The molecule has 2 heterocycles. The maximum Gasteiger partial charge on any atom is 0.192 e. The van der Waals surface area contributed by atoms with Crippen molar-refractivity contribution in [3.63, 3.8) is 0 Å². The fourth-order valence-corrected chi connectivity index (χ4v) is 1.73. The highest BCUT2D eigenvalue weighted by atomic mass is 16.6. The molecule has 2 aliphatic rings. The molecule has 3 nitrogen and oxygen atoms in total. The second-order valence-corrected chi connectivity index (χ2v) is 2.80. The zero-order chi connectivity index (χ0) is 7.14. The molecule has 2 aliphatic heterocycles. The summed E-state index contributed by atoms with van der Waals surface area (Å²) >= 11 is 0. The Balaban J connectivity index is 2.17.